The van der Waals surface area contributed by atoms with Gasteiger partial charge in [0.1, 0.15) is 5.78 Å². The Morgan fingerprint density at radius 2 is 2.00 bits per heavy atom. The Bertz CT molecular complexity index is 201. The molecule has 0 bridgehead atoms. The van der Waals surface area contributed by atoms with E-state index >= 15 is 0 Å². The SMILES string of the molecule is CCC(=O)[C@H](CC1CC1)NC(C)(C)C. The number of hydrogen-bond donors (Lipinski definition) is 1. The van der Waals surface area contributed by atoms with Crippen molar-refractivity contribution in [2.75, 3.05) is 0 Å². The molecule has 0 saturated heterocycles. The van der Waals surface area contributed by atoms with E-state index in [4.69, 9.17) is 0 Å². The highest BCUT2D eigenvalue weighted by atomic mass is 16.1. The third-order valence-corrected chi connectivity index (χ3v) is 2.61. The number of ketones is 1. The van der Waals surface area contributed by atoms with Crippen LogP contribution < -0.4 is 5.32 Å². The molecule has 82 valence electrons. The van der Waals surface area contributed by atoms with Gasteiger partial charge >= 0.3 is 0 Å². The molecule has 14 heavy (non-hydrogen) atoms. The van der Waals surface area contributed by atoms with Gasteiger partial charge < -0.3 is 5.32 Å². The molecule has 0 aromatic heterocycles. The van der Waals surface area contributed by atoms with Gasteiger partial charge in [-0.25, -0.2) is 0 Å². The van der Waals surface area contributed by atoms with Crippen molar-refractivity contribution in [3.8, 4) is 0 Å². The summed E-state index contributed by atoms with van der Waals surface area (Å²) in [5.74, 6) is 1.18. The van der Waals surface area contributed by atoms with Crippen LogP contribution in [-0.4, -0.2) is 17.4 Å². The minimum Gasteiger partial charge on any atom is -0.303 e. The van der Waals surface area contributed by atoms with Crippen molar-refractivity contribution in [2.24, 2.45) is 5.92 Å². The van der Waals surface area contributed by atoms with Gasteiger partial charge in [0.25, 0.3) is 0 Å². The summed E-state index contributed by atoms with van der Waals surface area (Å²) in [7, 11) is 0. The second-order valence-corrected chi connectivity index (χ2v) is 5.45. The Kier molecular flexibility index (Phi) is 3.71. The average molecular weight is 197 g/mol. The topological polar surface area (TPSA) is 29.1 Å². The van der Waals surface area contributed by atoms with Gasteiger partial charge in [-0.3, -0.25) is 4.79 Å². The van der Waals surface area contributed by atoms with Gasteiger partial charge in [0.05, 0.1) is 6.04 Å². The summed E-state index contributed by atoms with van der Waals surface area (Å²) in [5.41, 5.74) is 0.0460. The summed E-state index contributed by atoms with van der Waals surface area (Å²) < 4.78 is 0. The van der Waals surface area contributed by atoms with E-state index in [0.717, 1.165) is 12.3 Å². The second-order valence-electron chi connectivity index (χ2n) is 5.45. The highest BCUT2D eigenvalue weighted by Gasteiger charge is 2.30. The summed E-state index contributed by atoms with van der Waals surface area (Å²) in [6, 6.07) is 0.0903. The van der Waals surface area contributed by atoms with Crippen LogP contribution in [0.25, 0.3) is 0 Å². The molecule has 1 rings (SSSR count). The summed E-state index contributed by atoms with van der Waals surface area (Å²) in [5, 5.41) is 3.43. The van der Waals surface area contributed by atoms with Crippen LogP contribution in [0.4, 0.5) is 0 Å². The third kappa shape index (κ3) is 4.23. The minimum absolute atomic E-state index is 0.0460. The zero-order valence-corrected chi connectivity index (χ0v) is 9.89. The van der Waals surface area contributed by atoms with Gasteiger partial charge in [-0.05, 0) is 33.1 Å². The molecule has 0 aromatic carbocycles. The lowest BCUT2D eigenvalue weighted by Crippen LogP contribution is -2.47. The van der Waals surface area contributed by atoms with E-state index in [-0.39, 0.29) is 11.6 Å². The van der Waals surface area contributed by atoms with Crippen molar-refractivity contribution in [3.05, 3.63) is 0 Å². The fourth-order valence-electron chi connectivity index (χ4n) is 1.73. The molecule has 2 nitrogen and oxygen atoms in total. The van der Waals surface area contributed by atoms with Gasteiger partial charge in [-0.1, -0.05) is 19.8 Å². The number of carbonyl (C=O) groups is 1. The number of Topliss-reactive ketones (excluding diaryl/α,β-unsaturated/α-hetero) is 1. The standard InChI is InChI=1S/C12H23NO/c1-5-11(14)10(8-9-6-7-9)13-12(2,3)4/h9-10,13H,5-8H2,1-4H3/t10-/m0/s1. The minimum atomic E-state index is 0.0460. The average Bonchev–Trinajstić information content (AvgIpc) is 2.83. The smallest absolute Gasteiger partial charge is 0.149 e. The number of nitrogens with one attached hydrogen (secondary N) is 1. The van der Waals surface area contributed by atoms with E-state index in [9.17, 15) is 4.79 Å². The molecule has 1 saturated carbocycles. The molecule has 0 amide bonds. The lowest BCUT2D eigenvalue weighted by Gasteiger charge is -2.27. The molecule has 0 aliphatic heterocycles. The molecule has 1 aliphatic carbocycles. The predicted octanol–water partition coefficient (Wildman–Crippen LogP) is 2.52. The fourth-order valence-corrected chi connectivity index (χ4v) is 1.73. The van der Waals surface area contributed by atoms with Crippen LogP contribution in [0.3, 0.4) is 0 Å². The van der Waals surface area contributed by atoms with Crippen molar-refractivity contribution in [3.63, 3.8) is 0 Å². The molecular formula is C12H23NO. The van der Waals surface area contributed by atoms with E-state index in [1.807, 2.05) is 6.92 Å². The van der Waals surface area contributed by atoms with Crippen LogP contribution in [0.2, 0.25) is 0 Å². The Labute approximate surface area is 87.5 Å². The highest BCUT2D eigenvalue weighted by Crippen LogP contribution is 2.34. The third-order valence-electron chi connectivity index (χ3n) is 2.61. The van der Waals surface area contributed by atoms with Gasteiger partial charge in [-0.2, -0.15) is 0 Å². The first-order chi connectivity index (χ1) is 6.42. The van der Waals surface area contributed by atoms with E-state index in [0.29, 0.717) is 12.2 Å². The molecule has 1 fully saturated rings. The van der Waals surface area contributed by atoms with Gasteiger partial charge in [-0.15, -0.1) is 0 Å². The number of rotatable bonds is 5. The quantitative estimate of drug-likeness (QED) is 0.733. The largest absolute Gasteiger partial charge is 0.303 e. The van der Waals surface area contributed by atoms with Crippen LogP contribution in [0.1, 0.15) is 53.4 Å². The molecule has 2 heteroatoms. The fraction of sp³-hybridized carbons (Fsp3) is 0.917. The van der Waals surface area contributed by atoms with E-state index in [1.165, 1.54) is 12.8 Å². The van der Waals surface area contributed by atoms with Crippen molar-refractivity contribution in [1.29, 1.82) is 0 Å². The second kappa shape index (κ2) is 4.43. The maximum absolute atomic E-state index is 11.7. The van der Waals surface area contributed by atoms with E-state index in [2.05, 4.69) is 26.1 Å². The van der Waals surface area contributed by atoms with Crippen molar-refractivity contribution in [1.82, 2.24) is 5.32 Å². The molecule has 0 unspecified atom stereocenters. The number of carbonyl (C=O) groups excluding carboxylic acids is 1. The van der Waals surface area contributed by atoms with Crippen molar-refractivity contribution < 1.29 is 4.79 Å². The van der Waals surface area contributed by atoms with Crippen LogP contribution in [-0.2, 0) is 4.79 Å². The van der Waals surface area contributed by atoms with Crippen LogP contribution in [0.5, 0.6) is 0 Å². The monoisotopic (exact) mass is 197 g/mol. The zero-order chi connectivity index (χ0) is 10.8. The van der Waals surface area contributed by atoms with Gasteiger partial charge in [0, 0.05) is 12.0 Å². The molecule has 0 heterocycles. The maximum atomic E-state index is 11.7. The van der Waals surface area contributed by atoms with E-state index in [1.54, 1.807) is 0 Å². The molecule has 1 aliphatic rings. The molecule has 0 spiro atoms. The maximum Gasteiger partial charge on any atom is 0.149 e. The van der Waals surface area contributed by atoms with Gasteiger partial charge in [0.15, 0.2) is 0 Å². The van der Waals surface area contributed by atoms with Gasteiger partial charge in [0.2, 0.25) is 0 Å². The lowest BCUT2D eigenvalue weighted by molar-refractivity contribution is -0.121. The highest BCUT2D eigenvalue weighted by molar-refractivity contribution is 5.83. The first kappa shape index (κ1) is 11.7. The first-order valence-electron chi connectivity index (χ1n) is 5.73. The first-order valence-corrected chi connectivity index (χ1v) is 5.73. The Hall–Kier alpha value is -0.370. The molecular weight excluding hydrogens is 174 g/mol. The molecule has 1 atom stereocenters. The summed E-state index contributed by atoms with van der Waals surface area (Å²) in [6.45, 7) is 8.31. The Morgan fingerprint density at radius 3 is 2.36 bits per heavy atom. The van der Waals surface area contributed by atoms with Crippen molar-refractivity contribution in [2.45, 2.75) is 65.0 Å². The number of hydrogen-bond acceptors (Lipinski definition) is 2. The summed E-state index contributed by atoms with van der Waals surface area (Å²) in [4.78, 5) is 11.7. The summed E-state index contributed by atoms with van der Waals surface area (Å²) >= 11 is 0. The molecule has 0 radical (unpaired) electrons. The lowest BCUT2D eigenvalue weighted by atomic mass is 9.99. The Balaban J connectivity index is 2.46. The van der Waals surface area contributed by atoms with Crippen LogP contribution in [0.15, 0.2) is 0 Å². The Morgan fingerprint density at radius 1 is 1.43 bits per heavy atom. The molecule has 1 N–H and O–H groups in total. The predicted molar refractivity (Wildman–Crippen MR) is 59.3 cm³/mol. The van der Waals surface area contributed by atoms with E-state index < -0.39 is 0 Å². The van der Waals surface area contributed by atoms with Crippen LogP contribution >= 0.6 is 0 Å². The zero-order valence-electron chi connectivity index (χ0n) is 9.89. The van der Waals surface area contributed by atoms with Crippen LogP contribution in [0, 0.1) is 5.92 Å². The summed E-state index contributed by atoms with van der Waals surface area (Å²) in [6.07, 6.45) is 4.34. The van der Waals surface area contributed by atoms with Crippen molar-refractivity contribution >= 4 is 5.78 Å². The molecule has 0 aromatic rings. The normalized spacial score (nSPS) is 19.4.